The van der Waals surface area contributed by atoms with Crippen molar-refractivity contribution in [3.8, 4) is 0 Å². The molecule has 2 aliphatic rings. The Hall–Kier alpha value is -0.860. The summed E-state index contributed by atoms with van der Waals surface area (Å²) in [7, 11) is 2.24. The molecule has 1 saturated heterocycles. The van der Waals surface area contributed by atoms with Gasteiger partial charge in [0.05, 0.1) is 0 Å². The zero-order chi connectivity index (χ0) is 14.3. The van der Waals surface area contributed by atoms with Crippen LogP contribution in [-0.4, -0.2) is 25.0 Å². The van der Waals surface area contributed by atoms with Gasteiger partial charge in [-0.25, -0.2) is 0 Å². The van der Waals surface area contributed by atoms with Crippen LogP contribution >= 0.6 is 0 Å². The Morgan fingerprint density at radius 3 is 2.70 bits per heavy atom. The fraction of sp³-hybridized carbons (Fsp3) is 0.667. The van der Waals surface area contributed by atoms with Gasteiger partial charge in [-0.1, -0.05) is 32.9 Å². The molecule has 110 valence electrons. The van der Waals surface area contributed by atoms with Gasteiger partial charge in [0.15, 0.2) is 0 Å². The van der Waals surface area contributed by atoms with Crippen molar-refractivity contribution in [2.45, 2.75) is 58.0 Å². The van der Waals surface area contributed by atoms with Gasteiger partial charge in [0, 0.05) is 19.1 Å². The molecule has 0 radical (unpaired) electrons. The van der Waals surface area contributed by atoms with E-state index in [2.05, 4.69) is 50.2 Å². The maximum absolute atomic E-state index is 3.70. The summed E-state index contributed by atoms with van der Waals surface area (Å²) in [5.74, 6) is 0. The monoisotopic (exact) mass is 272 g/mol. The van der Waals surface area contributed by atoms with Crippen molar-refractivity contribution < 1.29 is 0 Å². The number of rotatable bonds is 1. The molecule has 1 unspecified atom stereocenters. The van der Waals surface area contributed by atoms with Crippen molar-refractivity contribution in [1.29, 1.82) is 0 Å². The van der Waals surface area contributed by atoms with E-state index in [0.717, 1.165) is 6.54 Å². The highest BCUT2D eigenvalue weighted by Crippen LogP contribution is 2.35. The number of hydrogen-bond donors (Lipinski definition) is 1. The Morgan fingerprint density at radius 2 is 2.05 bits per heavy atom. The average molecular weight is 272 g/mol. The summed E-state index contributed by atoms with van der Waals surface area (Å²) >= 11 is 0. The van der Waals surface area contributed by atoms with Gasteiger partial charge in [-0.05, 0) is 60.5 Å². The summed E-state index contributed by atoms with van der Waals surface area (Å²) in [6, 6.07) is 5.54. The van der Waals surface area contributed by atoms with Crippen LogP contribution in [-0.2, 0) is 18.4 Å². The second-order valence-electron chi connectivity index (χ2n) is 7.59. The lowest BCUT2D eigenvalue weighted by Gasteiger charge is -2.32. The van der Waals surface area contributed by atoms with Gasteiger partial charge >= 0.3 is 0 Å². The van der Waals surface area contributed by atoms with E-state index in [1.807, 2.05) is 0 Å². The first-order valence-corrected chi connectivity index (χ1v) is 8.03. The minimum atomic E-state index is 0.242. The Morgan fingerprint density at radius 1 is 1.25 bits per heavy atom. The van der Waals surface area contributed by atoms with E-state index in [-0.39, 0.29) is 5.41 Å². The lowest BCUT2D eigenvalue weighted by atomic mass is 9.80. The van der Waals surface area contributed by atoms with E-state index in [9.17, 15) is 0 Å². The molecule has 0 amide bonds. The molecule has 2 heteroatoms. The van der Waals surface area contributed by atoms with E-state index in [0.29, 0.717) is 6.04 Å². The molecule has 0 aromatic heterocycles. The third-order valence-electron chi connectivity index (χ3n) is 4.87. The van der Waals surface area contributed by atoms with Gasteiger partial charge in [-0.3, -0.25) is 0 Å². The molecular weight excluding hydrogens is 244 g/mol. The summed E-state index contributed by atoms with van der Waals surface area (Å²) in [6.07, 6.45) is 3.81. The largest absolute Gasteiger partial charge is 0.310 e. The molecule has 20 heavy (non-hydrogen) atoms. The first-order chi connectivity index (χ1) is 9.45. The Kier molecular flexibility index (Phi) is 3.64. The van der Waals surface area contributed by atoms with Crippen LogP contribution in [0.1, 0.15) is 61.9 Å². The highest BCUT2D eigenvalue weighted by Gasteiger charge is 2.26. The number of nitrogens with one attached hydrogen (secondary N) is 1. The zero-order valence-electron chi connectivity index (χ0n) is 13.4. The van der Waals surface area contributed by atoms with Crippen molar-refractivity contribution in [3.63, 3.8) is 0 Å². The zero-order valence-corrected chi connectivity index (χ0v) is 13.4. The second-order valence-corrected chi connectivity index (χ2v) is 7.59. The number of nitrogens with zero attached hydrogens (tertiary/aromatic N) is 1. The van der Waals surface area contributed by atoms with Crippen molar-refractivity contribution in [3.05, 3.63) is 34.4 Å². The number of fused-ring (bicyclic) bond motifs is 1. The molecule has 1 N–H and O–H groups in total. The Labute approximate surface area is 123 Å². The third kappa shape index (κ3) is 2.64. The highest BCUT2D eigenvalue weighted by molar-refractivity contribution is 5.44. The molecule has 1 fully saturated rings. The molecular formula is C18H28N2. The molecule has 0 spiro atoms. The summed E-state index contributed by atoms with van der Waals surface area (Å²) in [5.41, 5.74) is 6.53. The van der Waals surface area contributed by atoms with Gasteiger partial charge < -0.3 is 10.2 Å². The molecule has 0 aliphatic carbocycles. The van der Waals surface area contributed by atoms with Gasteiger partial charge in [-0.2, -0.15) is 0 Å². The van der Waals surface area contributed by atoms with Gasteiger partial charge in [0.2, 0.25) is 0 Å². The standard InChI is InChI=1S/C18H28N2/c1-18(2,3)14-10-13-7-9-20(4)12-16(13)15(11-14)17-6-5-8-19-17/h10-11,17,19H,5-9,12H2,1-4H3. The molecule has 1 aromatic rings. The molecule has 3 rings (SSSR count). The number of benzene rings is 1. The molecule has 0 bridgehead atoms. The maximum atomic E-state index is 3.70. The van der Waals surface area contributed by atoms with E-state index in [1.165, 1.54) is 37.9 Å². The van der Waals surface area contributed by atoms with Crippen LogP contribution in [0.4, 0.5) is 0 Å². The predicted octanol–water partition coefficient (Wildman–Crippen LogP) is 3.40. The summed E-state index contributed by atoms with van der Waals surface area (Å²) in [5, 5.41) is 3.70. The van der Waals surface area contributed by atoms with Crippen molar-refractivity contribution in [1.82, 2.24) is 10.2 Å². The van der Waals surface area contributed by atoms with Crippen LogP contribution in [0.25, 0.3) is 0 Å². The molecule has 0 saturated carbocycles. The van der Waals surface area contributed by atoms with E-state index in [1.54, 1.807) is 16.7 Å². The van der Waals surface area contributed by atoms with Crippen LogP contribution in [0.15, 0.2) is 12.1 Å². The van der Waals surface area contributed by atoms with Crippen LogP contribution in [0.3, 0.4) is 0 Å². The molecule has 2 heterocycles. The molecule has 1 atom stereocenters. The predicted molar refractivity (Wildman–Crippen MR) is 85.2 cm³/mol. The first kappa shape index (κ1) is 14.1. The first-order valence-electron chi connectivity index (χ1n) is 8.03. The fourth-order valence-electron chi connectivity index (χ4n) is 3.53. The molecule has 2 nitrogen and oxygen atoms in total. The minimum Gasteiger partial charge on any atom is -0.310 e. The summed E-state index contributed by atoms with van der Waals surface area (Å²) < 4.78 is 0. The maximum Gasteiger partial charge on any atom is 0.0324 e. The van der Waals surface area contributed by atoms with E-state index in [4.69, 9.17) is 0 Å². The SMILES string of the molecule is CN1CCc2cc(C(C)(C)C)cc(C3CCCN3)c2C1. The number of likely N-dealkylation sites (N-methyl/N-ethyl adjacent to an activating group) is 1. The van der Waals surface area contributed by atoms with E-state index < -0.39 is 0 Å². The van der Waals surface area contributed by atoms with Crippen LogP contribution < -0.4 is 5.32 Å². The fourth-order valence-corrected chi connectivity index (χ4v) is 3.53. The van der Waals surface area contributed by atoms with Crippen molar-refractivity contribution in [2.75, 3.05) is 20.1 Å². The Bertz CT molecular complexity index is 493. The van der Waals surface area contributed by atoms with Gasteiger partial charge in [-0.15, -0.1) is 0 Å². The van der Waals surface area contributed by atoms with Crippen LogP contribution in [0.5, 0.6) is 0 Å². The topological polar surface area (TPSA) is 15.3 Å². The normalized spacial score (nSPS) is 23.9. The van der Waals surface area contributed by atoms with Gasteiger partial charge in [0.1, 0.15) is 0 Å². The van der Waals surface area contributed by atoms with Crippen molar-refractivity contribution in [2.24, 2.45) is 0 Å². The van der Waals surface area contributed by atoms with Crippen LogP contribution in [0, 0.1) is 0 Å². The molecule has 2 aliphatic heterocycles. The lowest BCUT2D eigenvalue weighted by molar-refractivity contribution is 0.310. The number of hydrogen-bond acceptors (Lipinski definition) is 2. The Balaban J connectivity index is 2.08. The quantitative estimate of drug-likeness (QED) is 0.843. The van der Waals surface area contributed by atoms with Gasteiger partial charge in [0.25, 0.3) is 0 Å². The average Bonchev–Trinajstić information content (AvgIpc) is 2.90. The smallest absolute Gasteiger partial charge is 0.0324 e. The molecule has 1 aromatic carbocycles. The minimum absolute atomic E-state index is 0.242. The highest BCUT2D eigenvalue weighted by atomic mass is 15.1. The lowest BCUT2D eigenvalue weighted by Crippen LogP contribution is -2.30. The summed E-state index contributed by atoms with van der Waals surface area (Å²) in [6.45, 7) is 10.5. The summed E-state index contributed by atoms with van der Waals surface area (Å²) in [4.78, 5) is 2.46. The second kappa shape index (κ2) is 5.16. The van der Waals surface area contributed by atoms with Crippen molar-refractivity contribution >= 4 is 0 Å². The van der Waals surface area contributed by atoms with Crippen LogP contribution in [0.2, 0.25) is 0 Å². The van der Waals surface area contributed by atoms with E-state index >= 15 is 0 Å². The third-order valence-corrected chi connectivity index (χ3v) is 4.87.